The number of hydrogen-bond acceptors (Lipinski definition) is 3. The van der Waals surface area contributed by atoms with Crippen molar-refractivity contribution in [1.82, 2.24) is 10.3 Å². The van der Waals surface area contributed by atoms with Gasteiger partial charge in [0.25, 0.3) is 0 Å². The number of hydrogen-bond donors (Lipinski definition) is 1. The molecule has 2 aromatic rings. The van der Waals surface area contributed by atoms with Gasteiger partial charge in [-0.25, -0.2) is 4.98 Å². The molecule has 94 valence electrons. The summed E-state index contributed by atoms with van der Waals surface area (Å²) in [7, 11) is 0. The van der Waals surface area contributed by atoms with Gasteiger partial charge in [0.1, 0.15) is 4.83 Å². The number of fused-ring (bicyclic) bond motifs is 1. The van der Waals surface area contributed by atoms with Crippen LogP contribution in [0.4, 0.5) is 0 Å². The monoisotopic (exact) mass is 290 g/mol. The second kappa shape index (κ2) is 6.55. The Morgan fingerprint density at radius 1 is 1.35 bits per heavy atom. The highest BCUT2D eigenvalue weighted by molar-refractivity contribution is 7.18. The molecule has 1 saturated heterocycles. The smallest absolute Gasteiger partial charge is 0.123 e. The van der Waals surface area contributed by atoms with Crippen LogP contribution >= 0.6 is 36.2 Å². The number of piperidine rings is 1. The molecule has 0 radical (unpaired) electrons. The van der Waals surface area contributed by atoms with Crippen molar-refractivity contribution in [3.8, 4) is 0 Å². The average Bonchev–Trinajstić information content (AvgIpc) is 2.74. The summed E-state index contributed by atoms with van der Waals surface area (Å²) in [6, 6.07) is 6.47. The minimum absolute atomic E-state index is 0. The summed E-state index contributed by atoms with van der Waals surface area (Å²) in [5.41, 5.74) is 0. The molecule has 0 amide bonds. The van der Waals surface area contributed by atoms with E-state index < -0.39 is 0 Å². The average molecular weight is 291 g/mol. The van der Waals surface area contributed by atoms with E-state index in [1.165, 1.54) is 34.5 Å². The maximum Gasteiger partial charge on any atom is 0.123 e. The lowest BCUT2D eigenvalue weighted by atomic mass is 9.98. The molecule has 17 heavy (non-hydrogen) atoms. The van der Waals surface area contributed by atoms with E-state index in [0.717, 1.165) is 6.54 Å². The molecular weight excluding hydrogens is 275 g/mol. The molecule has 1 aliphatic rings. The highest BCUT2D eigenvalue weighted by atomic mass is 35.5. The second-order valence-electron chi connectivity index (χ2n) is 4.09. The molecule has 0 spiro atoms. The predicted molar refractivity (Wildman–Crippen MR) is 79.0 cm³/mol. The lowest BCUT2D eigenvalue weighted by Crippen LogP contribution is -2.27. The standard InChI is InChI=1S/C12H14N2S.2ClH/c1-4-10(8-13-5-1)11-7-9-3-2-6-14-12(9)15-11;;/h2-3,6-7,10,13H,1,4-5,8H2;2*1H. The fourth-order valence-corrected chi connectivity index (χ4v) is 3.32. The van der Waals surface area contributed by atoms with Crippen LogP contribution < -0.4 is 5.32 Å². The molecule has 1 atom stereocenters. The van der Waals surface area contributed by atoms with Crippen molar-refractivity contribution in [1.29, 1.82) is 0 Å². The predicted octanol–water partition coefficient (Wildman–Crippen LogP) is 3.61. The third-order valence-corrected chi connectivity index (χ3v) is 4.23. The molecule has 1 N–H and O–H groups in total. The number of aromatic nitrogens is 1. The third-order valence-electron chi connectivity index (χ3n) is 3.01. The third kappa shape index (κ3) is 3.10. The van der Waals surface area contributed by atoms with Crippen LogP contribution in [0.5, 0.6) is 0 Å². The van der Waals surface area contributed by atoms with E-state index in [4.69, 9.17) is 0 Å². The summed E-state index contributed by atoms with van der Waals surface area (Å²) >= 11 is 1.85. The summed E-state index contributed by atoms with van der Waals surface area (Å²) in [5, 5.41) is 4.76. The molecule has 3 heterocycles. The highest BCUT2D eigenvalue weighted by Crippen LogP contribution is 2.32. The van der Waals surface area contributed by atoms with E-state index in [0.29, 0.717) is 5.92 Å². The topological polar surface area (TPSA) is 24.9 Å². The Balaban J connectivity index is 0.000000722. The summed E-state index contributed by atoms with van der Waals surface area (Å²) in [6.07, 6.45) is 4.49. The molecule has 0 aromatic carbocycles. The summed E-state index contributed by atoms with van der Waals surface area (Å²) in [5.74, 6) is 0.706. The highest BCUT2D eigenvalue weighted by Gasteiger charge is 2.17. The van der Waals surface area contributed by atoms with Crippen LogP contribution in [0.3, 0.4) is 0 Å². The van der Waals surface area contributed by atoms with Gasteiger partial charge in [0.05, 0.1) is 0 Å². The Morgan fingerprint density at radius 3 is 2.94 bits per heavy atom. The van der Waals surface area contributed by atoms with Gasteiger partial charge in [-0.3, -0.25) is 0 Å². The zero-order chi connectivity index (χ0) is 10.1. The van der Waals surface area contributed by atoms with Crippen molar-refractivity contribution in [3.05, 3.63) is 29.3 Å². The molecule has 2 aromatic heterocycles. The Hall–Kier alpha value is -0.350. The summed E-state index contributed by atoms with van der Waals surface area (Å²) < 4.78 is 0. The van der Waals surface area contributed by atoms with Gasteiger partial charge in [-0.2, -0.15) is 0 Å². The number of halogens is 2. The van der Waals surface area contributed by atoms with E-state index >= 15 is 0 Å². The van der Waals surface area contributed by atoms with Gasteiger partial charge in [-0.1, -0.05) is 6.07 Å². The molecule has 0 bridgehead atoms. The van der Waals surface area contributed by atoms with Crippen molar-refractivity contribution in [2.75, 3.05) is 13.1 Å². The zero-order valence-electron chi connectivity index (χ0n) is 9.39. The minimum Gasteiger partial charge on any atom is -0.316 e. The number of pyridine rings is 1. The molecule has 3 rings (SSSR count). The van der Waals surface area contributed by atoms with Crippen LogP contribution in [-0.4, -0.2) is 18.1 Å². The summed E-state index contributed by atoms with van der Waals surface area (Å²) in [6.45, 7) is 2.31. The molecule has 5 heteroatoms. The maximum absolute atomic E-state index is 4.39. The zero-order valence-corrected chi connectivity index (χ0v) is 11.8. The van der Waals surface area contributed by atoms with E-state index in [9.17, 15) is 0 Å². The first-order valence-electron chi connectivity index (χ1n) is 5.49. The SMILES string of the molecule is Cl.Cl.c1cnc2sc(C3CCCNC3)cc2c1. The molecule has 2 nitrogen and oxygen atoms in total. The van der Waals surface area contributed by atoms with Gasteiger partial charge in [0, 0.05) is 28.9 Å². The van der Waals surface area contributed by atoms with Gasteiger partial charge < -0.3 is 5.32 Å². The van der Waals surface area contributed by atoms with Gasteiger partial charge in [0.15, 0.2) is 0 Å². The number of nitrogens with one attached hydrogen (secondary N) is 1. The Kier molecular flexibility index (Phi) is 5.67. The van der Waals surface area contributed by atoms with Gasteiger partial charge >= 0.3 is 0 Å². The van der Waals surface area contributed by atoms with Crippen molar-refractivity contribution in [3.63, 3.8) is 0 Å². The normalized spacial score (nSPS) is 19.4. The molecule has 1 unspecified atom stereocenters. The fourth-order valence-electron chi connectivity index (χ4n) is 2.19. The number of rotatable bonds is 1. The van der Waals surface area contributed by atoms with Gasteiger partial charge in [-0.05, 0) is 31.5 Å². The quantitative estimate of drug-likeness (QED) is 0.868. The molecule has 0 saturated carbocycles. The van der Waals surface area contributed by atoms with E-state index in [1.807, 2.05) is 23.6 Å². The van der Waals surface area contributed by atoms with Crippen LogP contribution in [0.2, 0.25) is 0 Å². The lowest BCUT2D eigenvalue weighted by Gasteiger charge is -2.21. The van der Waals surface area contributed by atoms with Crippen molar-refractivity contribution >= 4 is 46.4 Å². The first kappa shape index (κ1) is 14.7. The van der Waals surface area contributed by atoms with E-state index in [1.54, 1.807) is 0 Å². The molecule has 1 aliphatic heterocycles. The van der Waals surface area contributed by atoms with E-state index in [-0.39, 0.29) is 24.8 Å². The number of thiophene rings is 1. The largest absolute Gasteiger partial charge is 0.316 e. The Morgan fingerprint density at radius 2 is 2.24 bits per heavy atom. The van der Waals surface area contributed by atoms with Crippen LogP contribution in [0.25, 0.3) is 10.2 Å². The lowest BCUT2D eigenvalue weighted by molar-refractivity contribution is 0.466. The Bertz CT molecular complexity index is 433. The number of nitrogens with zero attached hydrogens (tertiary/aromatic N) is 1. The van der Waals surface area contributed by atoms with Crippen LogP contribution in [0, 0.1) is 0 Å². The van der Waals surface area contributed by atoms with Gasteiger partial charge in [0.2, 0.25) is 0 Å². The van der Waals surface area contributed by atoms with Crippen LogP contribution in [0.1, 0.15) is 23.6 Å². The molecule has 0 aliphatic carbocycles. The molecular formula is C12H16Cl2N2S. The molecule has 1 fully saturated rings. The fraction of sp³-hybridized carbons (Fsp3) is 0.417. The Labute approximate surface area is 118 Å². The van der Waals surface area contributed by atoms with Crippen molar-refractivity contribution in [2.24, 2.45) is 0 Å². The second-order valence-corrected chi connectivity index (χ2v) is 5.15. The van der Waals surface area contributed by atoms with Crippen molar-refractivity contribution in [2.45, 2.75) is 18.8 Å². The van der Waals surface area contributed by atoms with Crippen LogP contribution in [-0.2, 0) is 0 Å². The van der Waals surface area contributed by atoms with Gasteiger partial charge in [-0.15, -0.1) is 36.2 Å². The summed E-state index contributed by atoms with van der Waals surface area (Å²) in [4.78, 5) is 7.07. The first-order chi connectivity index (χ1) is 7.43. The van der Waals surface area contributed by atoms with Crippen LogP contribution in [0.15, 0.2) is 24.4 Å². The maximum atomic E-state index is 4.39. The van der Waals surface area contributed by atoms with E-state index in [2.05, 4.69) is 22.4 Å². The minimum atomic E-state index is 0. The first-order valence-corrected chi connectivity index (χ1v) is 6.30. The van der Waals surface area contributed by atoms with Crippen molar-refractivity contribution < 1.29 is 0 Å².